The second-order valence-electron chi connectivity index (χ2n) is 6.47. The topological polar surface area (TPSA) is 84.7 Å². The predicted octanol–water partition coefficient (Wildman–Crippen LogP) is 3.46. The standard InChI is InChI=1S/C15H20BrN3O4/c1-15(2,3)23-14(20)17-11-6-7-18(9-11)12-5-4-10(16)8-13(12)19(21)22/h4-5,8,11H,6-7,9H2,1-3H3,(H,17,20)/t11-/m0/s1. The zero-order valence-corrected chi connectivity index (χ0v) is 14.9. The van der Waals surface area contributed by atoms with E-state index in [4.69, 9.17) is 4.74 Å². The zero-order chi connectivity index (χ0) is 17.2. The lowest BCUT2D eigenvalue weighted by atomic mass is 10.2. The first-order chi connectivity index (χ1) is 10.7. The maximum Gasteiger partial charge on any atom is 0.407 e. The van der Waals surface area contributed by atoms with Crippen LogP contribution < -0.4 is 10.2 Å². The molecular formula is C15H20BrN3O4. The first kappa shape index (κ1) is 17.5. The molecular weight excluding hydrogens is 366 g/mol. The maximum absolute atomic E-state index is 11.8. The molecule has 1 amide bonds. The summed E-state index contributed by atoms with van der Waals surface area (Å²) in [6.07, 6.45) is 0.251. The van der Waals surface area contributed by atoms with Crippen molar-refractivity contribution in [3.05, 3.63) is 32.8 Å². The minimum Gasteiger partial charge on any atom is -0.444 e. The van der Waals surface area contributed by atoms with Crippen LogP contribution in [0.5, 0.6) is 0 Å². The van der Waals surface area contributed by atoms with Crippen molar-refractivity contribution < 1.29 is 14.5 Å². The molecule has 1 saturated heterocycles. The van der Waals surface area contributed by atoms with Gasteiger partial charge in [-0.05, 0) is 39.3 Å². The van der Waals surface area contributed by atoms with Crippen LogP contribution in [0.2, 0.25) is 0 Å². The third kappa shape index (κ3) is 4.82. The van der Waals surface area contributed by atoms with Gasteiger partial charge in [-0.1, -0.05) is 15.9 Å². The number of amides is 1. The molecule has 1 aromatic carbocycles. The van der Waals surface area contributed by atoms with Gasteiger partial charge in [-0.25, -0.2) is 4.79 Å². The SMILES string of the molecule is CC(C)(C)OC(=O)N[C@H]1CCN(c2ccc(Br)cc2[N+](=O)[O-])C1. The molecule has 126 valence electrons. The Morgan fingerprint density at radius 3 is 2.78 bits per heavy atom. The van der Waals surface area contributed by atoms with Crippen LogP contribution in [0.25, 0.3) is 0 Å². The van der Waals surface area contributed by atoms with E-state index in [1.54, 1.807) is 32.9 Å². The van der Waals surface area contributed by atoms with E-state index >= 15 is 0 Å². The van der Waals surface area contributed by atoms with Crippen LogP contribution in [-0.2, 0) is 4.74 Å². The van der Waals surface area contributed by atoms with Crippen molar-refractivity contribution in [3.8, 4) is 0 Å². The van der Waals surface area contributed by atoms with E-state index in [1.165, 1.54) is 6.07 Å². The molecule has 1 N–H and O–H groups in total. The average molecular weight is 386 g/mol. The van der Waals surface area contributed by atoms with Gasteiger partial charge in [0.15, 0.2) is 0 Å². The molecule has 1 fully saturated rings. The molecule has 0 unspecified atom stereocenters. The summed E-state index contributed by atoms with van der Waals surface area (Å²) in [6, 6.07) is 4.90. The molecule has 0 aliphatic carbocycles. The summed E-state index contributed by atoms with van der Waals surface area (Å²) in [6.45, 7) is 6.57. The molecule has 2 rings (SSSR count). The number of alkyl carbamates (subject to hydrolysis) is 1. The summed E-state index contributed by atoms with van der Waals surface area (Å²) >= 11 is 3.25. The second-order valence-corrected chi connectivity index (χ2v) is 7.38. The number of halogens is 1. The minimum absolute atomic E-state index is 0.0530. The second kappa shape index (κ2) is 6.74. The molecule has 0 saturated carbocycles. The number of carbonyl (C=O) groups is 1. The highest BCUT2D eigenvalue weighted by atomic mass is 79.9. The number of ether oxygens (including phenoxy) is 1. The lowest BCUT2D eigenvalue weighted by Crippen LogP contribution is -2.40. The number of nitro benzene ring substituents is 1. The molecule has 0 radical (unpaired) electrons. The Balaban J connectivity index is 2.03. The lowest BCUT2D eigenvalue weighted by Gasteiger charge is -2.22. The molecule has 8 heteroatoms. The van der Waals surface area contributed by atoms with Crippen molar-refractivity contribution in [1.29, 1.82) is 0 Å². The molecule has 1 heterocycles. The van der Waals surface area contributed by atoms with E-state index in [1.807, 2.05) is 4.90 Å². The summed E-state index contributed by atoms with van der Waals surface area (Å²) < 4.78 is 5.90. The minimum atomic E-state index is -0.549. The molecule has 1 atom stereocenters. The summed E-state index contributed by atoms with van der Waals surface area (Å²) in [5.74, 6) is 0. The predicted molar refractivity (Wildman–Crippen MR) is 90.8 cm³/mol. The van der Waals surface area contributed by atoms with Gasteiger partial charge < -0.3 is 15.0 Å². The highest BCUT2D eigenvalue weighted by Gasteiger charge is 2.29. The smallest absolute Gasteiger partial charge is 0.407 e. The third-order valence-electron chi connectivity index (χ3n) is 3.38. The van der Waals surface area contributed by atoms with Crippen LogP contribution in [0.4, 0.5) is 16.2 Å². The van der Waals surface area contributed by atoms with Gasteiger partial charge in [-0.2, -0.15) is 0 Å². The molecule has 0 aromatic heterocycles. The number of hydrogen-bond acceptors (Lipinski definition) is 5. The van der Waals surface area contributed by atoms with Crippen molar-refractivity contribution in [1.82, 2.24) is 5.32 Å². The number of anilines is 1. The fourth-order valence-electron chi connectivity index (χ4n) is 2.48. The van der Waals surface area contributed by atoms with Crippen molar-refractivity contribution in [2.75, 3.05) is 18.0 Å². The van der Waals surface area contributed by atoms with Gasteiger partial charge in [-0.15, -0.1) is 0 Å². The Bertz CT molecular complexity index is 615. The van der Waals surface area contributed by atoms with E-state index in [2.05, 4.69) is 21.2 Å². The molecule has 1 aliphatic rings. The van der Waals surface area contributed by atoms with Crippen molar-refractivity contribution in [2.45, 2.75) is 38.8 Å². The summed E-state index contributed by atoms with van der Waals surface area (Å²) in [4.78, 5) is 24.5. The normalized spacial score (nSPS) is 17.9. The number of benzene rings is 1. The lowest BCUT2D eigenvalue weighted by molar-refractivity contribution is -0.384. The Labute approximate surface area is 143 Å². The van der Waals surface area contributed by atoms with E-state index in [-0.39, 0.29) is 11.7 Å². The first-order valence-corrected chi connectivity index (χ1v) is 8.13. The van der Waals surface area contributed by atoms with Gasteiger partial charge in [-0.3, -0.25) is 10.1 Å². The van der Waals surface area contributed by atoms with Gasteiger partial charge in [0.1, 0.15) is 11.3 Å². The fraction of sp³-hybridized carbons (Fsp3) is 0.533. The van der Waals surface area contributed by atoms with Crippen LogP contribution >= 0.6 is 15.9 Å². The number of rotatable bonds is 3. The Hall–Kier alpha value is -1.83. The number of carbonyl (C=O) groups excluding carboxylic acids is 1. The van der Waals surface area contributed by atoms with Crippen LogP contribution in [0.1, 0.15) is 27.2 Å². The van der Waals surface area contributed by atoms with Crippen LogP contribution in [0, 0.1) is 10.1 Å². The van der Waals surface area contributed by atoms with E-state index < -0.39 is 16.6 Å². The molecule has 0 spiro atoms. The van der Waals surface area contributed by atoms with E-state index in [9.17, 15) is 14.9 Å². The van der Waals surface area contributed by atoms with Crippen molar-refractivity contribution in [3.63, 3.8) is 0 Å². The summed E-state index contributed by atoms with van der Waals surface area (Å²) in [5, 5.41) is 14.0. The largest absolute Gasteiger partial charge is 0.444 e. The zero-order valence-electron chi connectivity index (χ0n) is 13.3. The molecule has 23 heavy (non-hydrogen) atoms. The van der Waals surface area contributed by atoms with Crippen molar-refractivity contribution >= 4 is 33.4 Å². The quantitative estimate of drug-likeness (QED) is 0.635. The Morgan fingerprint density at radius 2 is 2.17 bits per heavy atom. The molecule has 0 bridgehead atoms. The highest BCUT2D eigenvalue weighted by Crippen LogP contribution is 2.33. The van der Waals surface area contributed by atoms with E-state index in [0.717, 1.165) is 0 Å². The average Bonchev–Trinajstić information content (AvgIpc) is 2.84. The van der Waals surface area contributed by atoms with Gasteiger partial charge in [0.2, 0.25) is 0 Å². The highest BCUT2D eigenvalue weighted by molar-refractivity contribution is 9.10. The Morgan fingerprint density at radius 1 is 1.48 bits per heavy atom. The summed E-state index contributed by atoms with van der Waals surface area (Å²) in [7, 11) is 0. The number of hydrogen-bond donors (Lipinski definition) is 1. The fourth-order valence-corrected chi connectivity index (χ4v) is 2.83. The van der Waals surface area contributed by atoms with Gasteiger partial charge in [0.25, 0.3) is 5.69 Å². The van der Waals surface area contributed by atoms with Gasteiger partial charge >= 0.3 is 6.09 Å². The number of nitrogens with zero attached hydrogens (tertiary/aromatic N) is 2. The monoisotopic (exact) mass is 385 g/mol. The van der Waals surface area contributed by atoms with Crippen LogP contribution in [0.15, 0.2) is 22.7 Å². The number of nitrogens with one attached hydrogen (secondary N) is 1. The number of nitro groups is 1. The third-order valence-corrected chi connectivity index (χ3v) is 3.88. The summed E-state index contributed by atoms with van der Waals surface area (Å²) in [5.41, 5.74) is 0.0661. The van der Waals surface area contributed by atoms with Crippen LogP contribution in [0.3, 0.4) is 0 Å². The molecule has 7 nitrogen and oxygen atoms in total. The van der Waals surface area contributed by atoms with Crippen LogP contribution in [-0.4, -0.2) is 35.7 Å². The Kier molecular flexibility index (Phi) is 5.13. The van der Waals surface area contributed by atoms with Crippen molar-refractivity contribution in [2.24, 2.45) is 0 Å². The van der Waals surface area contributed by atoms with Gasteiger partial charge in [0, 0.05) is 23.6 Å². The first-order valence-electron chi connectivity index (χ1n) is 7.34. The van der Waals surface area contributed by atoms with E-state index in [0.29, 0.717) is 29.7 Å². The molecule has 1 aromatic rings. The van der Waals surface area contributed by atoms with Gasteiger partial charge in [0.05, 0.1) is 11.0 Å². The molecule has 1 aliphatic heterocycles. The maximum atomic E-state index is 11.8.